The maximum Gasteiger partial charge on any atom is 0.280 e. The average molecular weight is 933 g/mol. The SMILES string of the molecule is CCC(Oc1ccc(C(C)(C)CC)cc1C(C)(C)CC)C(=O)Nc1ccc(Cl)c(N=C2NN(c3c(Cl)cc(Cl)cc3Cl)C(=O)C2N=Nc2ccc(Sc3ccc(C)cc3)cc2)c1. The number of carbonyl (C=O) groups excluding carboxylic acids is 2. The number of carbonyl (C=O) groups is 2. The van der Waals surface area contributed by atoms with Gasteiger partial charge in [0, 0.05) is 26.1 Å². The highest BCUT2D eigenvalue weighted by molar-refractivity contribution is 7.99. The number of hydrogen-bond acceptors (Lipinski definition) is 7. The number of aliphatic imine (C=N–C) groups is 1. The molecule has 2 unspecified atom stereocenters. The predicted molar refractivity (Wildman–Crippen MR) is 257 cm³/mol. The number of nitrogens with zero attached hydrogens (tertiary/aromatic N) is 4. The molecule has 0 aromatic heterocycles. The molecule has 1 aliphatic rings. The normalized spacial score (nSPS) is 15.6. The fourth-order valence-electron chi connectivity index (χ4n) is 6.50. The van der Waals surface area contributed by atoms with E-state index in [0.29, 0.717) is 28.6 Å². The fraction of sp³-hybridized carbons (Fsp3) is 0.312. The first kappa shape index (κ1) is 46.9. The number of ether oxygens (including phenoxy) is 1. The van der Waals surface area contributed by atoms with E-state index in [4.69, 9.17) is 56.1 Å². The van der Waals surface area contributed by atoms with Crippen molar-refractivity contribution in [3.05, 3.63) is 134 Å². The van der Waals surface area contributed by atoms with E-state index >= 15 is 0 Å². The average Bonchev–Trinajstić information content (AvgIpc) is 3.54. The van der Waals surface area contributed by atoms with Gasteiger partial charge in [-0.25, -0.2) is 10.0 Å². The molecule has 2 amide bonds. The highest BCUT2D eigenvalue weighted by Gasteiger charge is 2.41. The molecule has 62 heavy (non-hydrogen) atoms. The van der Waals surface area contributed by atoms with E-state index in [9.17, 15) is 9.59 Å². The van der Waals surface area contributed by atoms with Crippen molar-refractivity contribution in [1.29, 1.82) is 0 Å². The van der Waals surface area contributed by atoms with Gasteiger partial charge in [-0.15, -0.1) is 0 Å². The third-order valence-corrected chi connectivity index (χ3v) is 13.3. The maximum atomic E-state index is 14.1. The summed E-state index contributed by atoms with van der Waals surface area (Å²) in [6.07, 6.45) is 1.49. The lowest BCUT2D eigenvalue weighted by Crippen LogP contribution is -2.36. The van der Waals surface area contributed by atoms with E-state index in [1.165, 1.54) is 23.3 Å². The van der Waals surface area contributed by atoms with Crippen LogP contribution in [-0.4, -0.2) is 29.8 Å². The van der Waals surface area contributed by atoms with Crippen LogP contribution in [0.2, 0.25) is 20.1 Å². The van der Waals surface area contributed by atoms with Gasteiger partial charge in [-0.05, 0) is 115 Å². The first-order chi connectivity index (χ1) is 29.4. The van der Waals surface area contributed by atoms with Crippen LogP contribution in [0, 0.1) is 6.92 Å². The first-order valence-electron chi connectivity index (χ1n) is 20.4. The van der Waals surface area contributed by atoms with Crippen molar-refractivity contribution < 1.29 is 14.3 Å². The number of halogens is 4. The lowest BCUT2D eigenvalue weighted by atomic mass is 9.76. The highest BCUT2D eigenvalue weighted by atomic mass is 35.5. The molecule has 5 aromatic carbocycles. The van der Waals surface area contributed by atoms with Crippen LogP contribution < -0.4 is 20.5 Å². The summed E-state index contributed by atoms with van der Waals surface area (Å²) in [4.78, 5) is 34.9. The zero-order valence-electron chi connectivity index (χ0n) is 35.9. The van der Waals surface area contributed by atoms with Gasteiger partial charge in [0.25, 0.3) is 11.8 Å². The third kappa shape index (κ3) is 11.0. The minimum Gasteiger partial charge on any atom is -0.480 e. The Morgan fingerprint density at radius 2 is 1.45 bits per heavy atom. The second-order valence-corrected chi connectivity index (χ2v) is 19.2. The van der Waals surface area contributed by atoms with Gasteiger partial charge in [0.05, 0.1) is 26.4 Å². The second kappa shape index (κ2) is 19.9. The van der Waals surface area contributed by atoms with Gasteiger partial charge in [0.1, 0.15) is 11.4 Å². The van der Waals surface area contributed by atoms with Gasteiger partial charge >= 0.3 is 0 Å². The van der Waals surface area contributed by atoms with Gasteiger partial charge in [-0.1, -0.05) is 136 Å². The van der Waals surface area contributed by atoms with Crippen LogP contribution in [0.25, 0.3) is 0 Å². The molecule has 0 spiro atoms. The first-order valence-corrected chi connectivity index (χ1v) is 22.8. The van der Waals surface area contributed by atoms with Crippen molar-refractivity contribution in [2.45, 2.75) is 107 Å². The number of hydrazine groups is 1. The van der Waals surface area contributed by atoms with E-state index in [1.54, 1.807) is 30.0 Å². The molecule has 1 heterocycles. The zero-order chi connectivity index (χ0) is 44.9. The van der Waals surface area contributed by atoms with E-state index < -0.39 is 18.1 Å². The molecule has 5 aromatic rings. The number of rotatable bonds is 15. The van der Waals surface area contributed by atoms with Crippen molar-refractivity contribution in [3.8, 4) is 5.75 Å². The Balaban J connectivity index is 1.28. The van der Waals surface area contributed by atoms with Crippen LogP contribution in [0.15, 0.2) is 122 Å². The molecule has 1 fully saturated rings. The van der Waals surface area contributed by atoms with E-state index in [-0.39, 0.29) is 49.0 Å². The van der Waals surface area contributed by atoms with Crippen molar-refractivity contribution in [1.82, 2.24) is 5.43 Å². The molecule has 0 saturated carbocycles. The summed E-state index contributed by atoms with van der Waals surface area (Å²) in [6.45, 7) is 17.1. The molecule has 14 heteroatoms. The Hall–Kier alpha value is -4.58. The summed E-state index contributed by atoms with van der Waals surface area (Å²) in [7, 11) is 0. The Kier molecular flexibility index (Phi) is 15.0. The minimum absolute atomic E-state index is 0.0133. The van der Waals surface area contributed by atoms with Crippen LogP contribution in [0.3, 0.4) is 0 Å². The van der Waals surface area contributed by atoms with Gasteiger partial charge in [0.2, 0.25) is 6.04 Å². The predicted octanol–water partition coefficient (Wildman–Crippen LogP) is 14.7. The second-order valence-electron chi connectivity index (χ2n) is 16.4. The highest BCUT2D eigenvalue weighted by Crippen LogP contribution is 2.41. The van der Waals surface area contributed by atoms with Gasteiger partial charge < -0.3 is 10.1 Å². The lowest BCUT2D eigenvalue weighted by Gasteiger charge is -2.31. The smallest absolute Gasteiger partial charge is 0.280 e. The van der Waals surface area contributed by atoms with E-state index in [0.717, 1.165) is 33.2 Å². The molecule has 0 aliphatic carbocycles. The molecule has 0 radical (unpaired) electrons. The summed E-state index contributed by atoms with van der Waals surface area (Å²) >= 11 is 27.7. The molecular formula is C48H50Cl4N6O3S. The molecule has 1 saturated heterocycles. The summed E-state index contributed by atoms with van der Waals surface area (Å²) in [5.41, 5.74) is 7.64. The van der Waals surface area contributed by atoms with Crippen molar-refractivity contribution >= 4 is 98.6 Å². The maximum absolute atomic E-state index is 14.1. The molecule has 324 valence electrons. The van der Waals surface area contributed by atoms with Crippen molar-refractivity contribution in [2.75, 3.05) is 10.3 Å². The molecular weight excluding hydrogens is 882 g/mol. The number of anilines is 2. The Bertz CT molecular complexity index is 2490. The van der Waals surface area contributed by atoms with Crippen LogP contribution in [0.5, 0.6) is 5.75 Å². The summed E-state index contributed by atoms with van der Waals surface area (Å²) < 4.78 is 6.51. The number of amides is 2. The number of hydrogen-bond donors (Lipinski definition) is 2. The van der Waals surface area contributed by atoms with Crippen LogP contribution in [0.4, 0.5) is 22.7 Å². The number of benzene rings is 5. The lowest BCUT2D eigenvalue weighted by molar-refractivity contribution is -0.123. The van der Waals surface area contributed by atoms with E-state index in [1.807, 2.05) is 37.3 Å². The van der Waals surface area contributed by atoms with Gasteiger partial charge in [-0.2, -0.15) is 10.2 Å². The van der Waals surface area contributed by atoms with Crippen LogP contribution in [0.1, 0.15) is 84.4 Å². The molecule has 0 bridgehead atoms. The number of aryl methyl sites for hydroxylation is 1. The summed E-state index contributed by atoms with van der Waals surface area (Å²) in [5, 5.41) is 13.8. The van der Waals surface area contributed by atoms with Gasteiger partial charge in [-0.3, -0.25) is 15.0 Å². The minimum atomic E-state index is -1.25. The largest absolute Gasteiger partial charge is 0.480 e. The number of azo groups is 1. The topological polar surface area (TPSA) is 108 Å². The Labute approximate surface area is 388 Å². The Morgan fingerprint density at radius 3 is 2.06 bits per heavy atom. The standard InChI is InChI=1S/C48H50Cl4N6O3S/c1-9-40(61-41-23-14-29(47(5,6)10-2)24-35(41)48(7,8)11-3)45(59)53-32-17-22-36(50)39(27-32)54-44-42(46(60)58(57-44)43-37(51)25-30(49)26-38(43)52)56-55-31-15-20-34(21-16-31)62-33-18-12-28(4)13-19-33/h12-27,40,42H,9-11H2,1-8H3,(H,53,59)(H,54,57). The Morgan fingerprint density at radius 1 is 0.823 bits per heavy atom. The fourth-order valence-corrected chi connectivity index (χ4v) is 8.47. The van der Waals surface area contributed by atoms with Crippen LogP contribution >= 0.6 is 58.2 Å². The summed E-state index contributed by atoms with van der Waals surface area (Å²) in [5.74, 6) is -0.120. The zero-order valence-corrected chi connectivity index (χ0v) is 39.8. The van der Waals surface area contributed by atoms with Gasteiger partial charge in [0.15, 0.2) is 11.9 Å². The number of amidine groups is 1. The molecule has 9 nitrogen and oxygen atoms in total. The van der Waals surface area contributed by atoms with Crippen molar-refractivity contribution in [2.24, 2.45) is 15.2 Å². The van der Waals surface area contributed by atoms with E-state index in [2.05, 4.69) is 106 Å². The quantitative estimate of drug-likeness (QED) is 0.102. The van der Waals surface area contributed by atoms with Crippen molar-refractivity contribution in [3.63, 3.8) is 0 Å². The molecule has 2 atom stereocenters. The molecule has 6 rings (SSSR count). The third-order valence-electron chi connectivity index (χ3n) is 11.2. The monoisotopic (exact) mass is 930 g/mol. The summed E-state index contributed by atoms with van der Waals surface area (Å²) in [6, 6.07) is 28.7. The molecule has 1 aliphatic heterocycles. The number of nitrogens with one attached hydrogen (secondary N) is 2. The molecule has 2 N–H and O–H groups in total. The van der Waals surface area contributed by atoms with Crippen LogP contribution in [-0.2, 0) is 20.4 Å².